The van der Waals surface area contributed by atoms with Gasteiger partial charge in [0, 0.05) is 23.1 Å². The van der Waals surface area contributed by atoms with Gasteiger partial charge in [0.2, 0.25) is 0 Å². The Morgan fingerprint density at radius 1 is 1.21 bits per heavy atom. The lowest BCUT2D eigenvalue weighted by atomic mass is 9.89. The molecule has 0 fully saturated rings. The van der Waals surface area contributed by atoms with Crippen LogP contribution < -0.4 is 5.73 Å². The van der Waals surface area contributed by atoms with Crippen LogP contribution in [0.15, 0.2) is 24.3 Å². The number of rotatable bonds is 7. The summed E-state index contributed by atoms with van der Waals surface area (Å²) in [4.78, 5) is 2.45. The van der Waals surface area contributed by atoms with Gasteiger partial charge < -0.3 is 5.73 Å². The zero-order valence-corrected chi connectivity index (χ0v) is 13.4. The Labute approximate surface area is 122 Å². The summed E-state index contributed by atoms with van der Waals surface area (Å²) in [6, 6.07) is 8.67. The molecule has 0 spiro atoms. The van der Waals surface area contributed by atoms with Crippen LogP contribution in [0.1, 0.15) is 39.2 Å². The Kier molecular flexibility index (Phi) is 6.31. The van der Waals surface area contributed by atoms with E-state index < -0.39 is 0 Å². The quantitative estimate of drug-likeness (QED) is 0.826. The van der Waals surface area contributed by atoms with Gasteiger partial charge in [0.05, 0.1) is 0 Å². The number of nitrogens with two attached hydrogens (primary N) is 1. The molecule has 0 radical (unpaired) electrons. The van der Waals surface area contributed by atoms with E-state index in [0.717, 1.165) is 24.3 Å². The maximum absolute atomic E-state index is 6.07. The van der Waals surface area contributed by atoms with Gasteiger partial charge in [-0.05, 0) is 50.9 Å². The molecule has 1 atom stereocenters. The molecule has 1 rings (SSSR count). The molecule has 0 saturated heterocycles. The van der Waals surface area contributed by atoms with Crippen LogP contribution in [0.4, 0.5) is 0 Å². The third kappa shape index (κ3) is 4.20. The standard InChI is InChI=1S/C16H27ClN2/c1-5-15(6-2)19(4)16(3,12-18)11-13-7-9-14(17)10-8-13/h7-10,15H,5-6,11-12,18H2,1-4H3. The minimum atomic E-state index is -0.00941. The van der Waals surface area contributed by atoms with Gasteiger partial charge in [-0.1, -0.05) is 37.6 Å². The van der Waals surface area contributed by atoms with E-state index in [4.69, 9.17) is 17.3 Å². The first-order chi connectivity index (χ1) is 8.96. The Hall–Kier alpha value is -0.570. The molecular formula is C16H27ClN2. The molecule has 1 aromatic rings. The Morgan fingerprint density at radius 2 is 1.74 bits per heavy atom. The molecule has 0 amide bonds. The van der Waals surface area contributed by atoms with E-state index in [0.29, 0.717) is 12.6 Å². The average molecular weight is 283 g/mol. The second-order valence-corrected chi connectivity index (χ2v) is 6.02. The number of nitrogens with zero attached hydrogens (tertiary/aromatic N) is 1. The molecule has 0 aliphatic heterocycles. The Bertz CT molecular complexity index is 373. The first-order valence-corrected chi connectivity index (χ1v) is 7.52. The zero-order valence-electron chi connectivity index (χ0n) is 12.6. The normalized spacial score (nSPS) is 14.9. The molecule has 0 aliphatic carbocycles. The highest BCUT2D eigenvalue weighted by atomic mass is 35.5. The van der Waals surface area contributed by atoms with Crippen LogP contribution >= 0.6 is 11.6 Å². The summed E-state index contributed by atoms with van der Waals surface area (Å²) in [5.41, 5.74) is 7.34. The highest BCUT2D eigenvalue weighted by molar-refractivity contribution is 6.30. The third-order valence-corrected chi connectivity index (χ3v) is 4.53. The van der Waals surface area contributed by atoms with Crippen molar-refractivity contribution in [2.45, 2.75) is 51.6 Å². The molecule has 0 aromatic heterocycles. The predicted octanol–water partition coefficient (Wildman–Crippen LogP) is 3.72. The van der Waals surface area contributed by atoms with Crippen molar-refractivity contribution in [3.05, 3.63) is 34.9 Å². The minimum Gasteiger partial charge on any atom is -0.329 e. The molecule has 0 bridgehead atoms. The van der Waals surface area contributed by atoms with Crippen molar-refractivity contribution in [2.24, 2.45) is 5.73 Å². The first-order valence-electron chi connectivity index (χ1n) is 7.14. The van der Waals surface area contributed by atoms with E-state index >= 15 is 0 Å². The summed E-state index contributed by atoms with van der Waals surface area (Å²) in [5.74, 6) is 0. The molecule has 1 aromatic carbocycles. The highest BCUT2D eigenvalue weighted by Crippen LogP contribution is 2.24. The number of likely N-dealkylation sites (N-methyl/N-ethyl adjacent to an activating group) is 1. The fourth-order valence-electron chi connectivity index (χ4n) is 2.66. The molecule has 2 nitrogen and oxygen atoms in total. The van der Waals surface area contributed by atoms with Gasteiger partial charge in [0.1, 0.15) is 0 Å². The van der Waals surface area contributed by atoms with Gasteiger partial charge in [-0.2, -0.15) is 0 Å². The van der Waals surface area contributed by atoms with Crippen molar-refractivity contribution >= 4 is 11.6 Å². The zero-order chi connectivity index (χ0) is 14.5. The van der Waals surface area contributed by atoms with Crippen molar-refractivity contribution in [3.63, 3.8) is 0 Å². The fraction of sp³-hybridized carbons (Fsp3) is 0.625. The van der Waals surface area contributed by atoms with E-state index in [1.807, 2.05) is 12.1 Å². The van der Waals surface area contributed by atoms with Crippen LogP contribution in [0.2, 0.25) is 5.02 Å². The van der Waals surface area contributed by atoms with Gasteiger partial charge in [0.15, 0.2) is 0 Å². The number of hydrogen-bond donors (Lipinski definition) is 1. The second kappa shape index (κ2) is 7.28. The SMILES string of the molecule is CCC(CC)N(C)C(C)(CN)Cc1ccc(Cl)cc1. The van der Waals surface area contributed by atoms with Crippen LogP contribution in [0.3, 0.4) is 0 Å². The Balaban J connectivity index is 2.87. The first kappa shape index (κ1) is 16.5. The van der Waals surface area contributed by atoms with Gasteiger partial charge in [0.25, 0.3) is 0 Å². The molecule has 3 heteroatoms. The van der Waals surface area contributed by atoms with Crippen molar-refractivity contribution in [3.8, 4) is 0 Å². The highest BCUT2D eigenvalue weighted by Gasteiger charge is 2.31. The number of hydrogen-bond acceptors (Lipinski definition) is 2. The topological polar surface area (TPSA) is 29.3 Å². The Morgan fingerprint density at radius 3 is 2.16 bits per heavy atom. The lowest BCUT2D eigenvalue weighted by Gasteiger charge is -2.43. The molecule has 2 N–H and O–H groups in total. The van der Waals surface area contributed by atoms with E-state index in [1.165, 1.54) is 5.56 Å². The van der Waals surface area contributed by atoms with E-state index in [9.17, 15) is 0 Å². The summed E-state index contributed by atoms with van der Waals surface area (Å²) >= 11 is 5.94. The molecule has 0 aliphatic rings. The summed E-state index contributed by atoms with van der Waals surface area (Å²) in [6.45, 7) is 7.39. The van der Waals surface area contributed by atoms with Crippen LogP contribution in [0.5, 0.6) is 0 Å². The number of benzene rings is 1. The molecule has 108 valence electrons. The fourth-order valence-corrected chi connectivity index (χ4v) is 2.79. The maximum atomic E-state index is 6.07. The van der Waals surface area contributed by atoms with Crippen molar-refractivity contribution in [1.29, 1.82) is 0 Å². The lowest BCUT2D eigenvalue weighted by Crippen LogP contribution is -2.55. The van der Waals surface area contributed by atoms with E-state index in [2.05, 4.69) is 44.9 Å². The minimum absolute atomic E-state index is 0.00941. The van der Waals surface area contributed by atoms with Crippen molar-refractivity contribution < 1.29 is 0 Å². The van der Waals surface area contributed by atoms with E-state index in [1.54, 1.807) is 0 Å². The maximum Gasteiger partial charge on any atom is 0.0406 e. The van der Waals surface area contributed by atoms with Crippen LogP contribution in [-0.4, -0.2) is 30.1 Å². The van der Waals surface area contributed by atoms with Crippen LogP contribution in [0.25, 0.3) is 0 Å². The molecule has 0 saturated carbocycles. The third-order valence-electron chi connectivity index (χ3n) is 4.28. The van der Waals surface area contributed by atoms with Crippen LogP contribution in [0, 0.1) is 0 Å². The molecule has 0 heterocycles. The van der Waals surface area contributed by atoms with E-state index in [-0.39, 0.29) is 5.54 Å². The second-order valence-electron chi connectivity index (χ2n) is 5.59. The summed E-state index contributed by atoms with van der Waals surface area (Å²) < 4.78 is 0. The van der Waals surface area contributed by atoms with Crippen LogP contribution in [-0.2, 0) is 6.42 Å². The summed E-state index contributed by atoms with van der Waals surface area (Å²) in [6.07, 6.45) is 3.26. The van der Waals surface area contributed by atoms with Gasteiger partial charge in [-0.3, -0.25) is 4.90 Å². The smallest absolute Gasteiger partial charge is 0.0406 e. The van der Waals surface area contributed by atoms with Gasteiger partial charge in [-0.15, -0.1) is 0 Å². The summed E-state index contributed by atoms with van der Waals surface area (Å²) in [7, 11) is 2.19. The molecule has 19 heavy (non-hydrogen) atoms. The average Bonchev–Trinajstić information content (AvgIpc) is 2.42. The molecular weight excluding hydrogens is 256 g/mol. The largest absolute Gasteiger partial charge is 0.329 e. The number of halogens is 1. The van der Waals surface area contributed by atoms with Crippen molar-refractivity contribution in [1.82, 2.24) is 4.90 Å². The lowest BCUT2D eigenvalue weighted by molar-refractivity contribution is 0.0867. The molecule has 1 unspecified atom stereocenters. The summed E-state index contributed by atoms with van der Waals surface area (Å²) in [5, 5.41) is 0.784. The monoisotopic (exact) mass is 282 g/mol. The predicted molar refractivity (Wildman–Crippen MR) is 84.7 cm³/mol. The van der Waals surface area contributed by atoms with Crippen molar-refractivity contribution in [2.75, 3.05) is 13.6 Å². The van der Waals surface area contributed by atoms with Gasteiger partial charge in [-0.25, -0.2) is 0 Å². The van der Waals surface area contributed by atoms with Gasteiger partial charge >= 0.3 is 0 Å².